The summed E-state index contributed by atoms with van der Waals surface area (Å²) in [5.74, 6) is -0.183. The third-order valence-electron chi connectivity index (χ3n) is 5.17. The maximum Gasteiger partial charge on any atom is 0.258 e. The van der Waals surface area contributed by atoms with E-state index in [2.05, 4.69) is 11.1 Å². The molecule has 0 bridgehead atoms. The maximum absolute atomic E-state index is 13.5. The van der Waals surface area contributed by atoms with Crippen LogP contribution in [0.4, 0.5) is 0 Å². The van der Waals surface area contributed by atoms with Crippen molar-refractivity contribution in [1.29, 1.82) is 5.26 Å². The van der Waals surface area contributed by atoms with Crippen LogP contribution in [0.3, 0.4) is 0 Å². The molecule has 0 saturated carbocycles. The normalized spacial score (nSPS) is 15.4. The fourth-order valence-electron chi connectivity index (χ4n) is 3.73. The number of allylic oxidation sites excluding steroid dienone is 1. The lowest BCUT2D eigenvalue weighted by atomic mass is 9.85. The summed E-state index contributed by atoms with van der Waals surface area (Å²) in [6.07, 6.45) is 4.02. The lowest BCUT2D eigenvalue weighted by molar-refractivity contribution is 0.388. The molecule has 1 aliphatic rings. The number of hydrogen-bond donors (Lipinski definition) is 1. The highest BCUT2D eigenvalue weighted by Gasteiger charge is 2.34. The molecule has 1 aromatic carbocycles. The van der Waals surface area contributed by atoms with Crippen LogP contribution in [-0.2, 0) is 13.0 Å². The van der Waals surface area contributed by atoms with Gasteiger partial charge in [-0.25, -0.2) is 0 Å². The summed E-state index contributed by atoms with van der Waals surface area (Å²) < 4.78 is 7.40. The highest BCUT2D eigenvalue weighted by molar-refractivity contribution is 5.54. The number of pyridine rings is 2. The van der Waals surface area contributed by atoms with Crippen LogP contribution < -0.4 is 16.0 Å². The standard InChI is InChI=1S/C23H20N4O2/c1-15-12-19-21(23(28)27(15)11-9-16-6-3-2-4-7-16)20(17-8-5-10-26-14-17)18(13-24)22(25)29-19/h2-8,10,12,14,20H,9,11,25H2,1H3/t20-/m0/s1. The quantitative estimate of drug-likeness (QED) is 0.746. The molecule has 6 heteroatoms. The molecule has 1 aliphatic heterocycles. The molecule has 2 N–H and O–H groups in total. The summed E-state index contributed by atoms with van der Waals surface area (Å²) >= 11 is 0. The lowest BCUT2D eigenvalue weighted by Gasteiger charge is -2.27. The number of benzene rings is 1. The third-order valence-corrected chi connectivity index (χ3v) is 5.17. The molecule has 0 aliphatic carbocycles. The molecular weight excluding hydrogens is 364 g/mol. The Morgan fingerprint density at radius 3 is 2.72 bits per heavy atom. The Morgan fingerprint density at radius 1 is 1.24 bits per heavy atom. The lowest BCUT2D eigenvalue weighted by Crippen LogP contribution is -2.33. The first kappa shape index (κ1) is 18.5. The van der Waals surface area contributed by atoms with Crippen molar-refractivity contribution in [3.63, 3.8) is 0 Å². The van der Waals surface area contributed by atoms with E-state index in [1.165, 1.54) is 0 Å². The monoisotopic (exact) mass is 384 g/mol. The highest BCUT2D eigenvalue weighted by Crippen LogP contribution is 2.40. The number of ether oxygens (including phenoxy) is 1. The summed E-state index contributed by atoms with van der Waals surface area (Å²) in [4.78, 5) is 17.6. The average Bonchev–Trinajstić information content (AvgIpc) is 2.74. The molecule has 144 valence electrons. The van der Waals surface area contributed by atoms with E-state index in [1.54, 1.807) is 23.0 Å². The van der Waals surface area contributed by atoms with E-state index in [0.29, 0.717) is 17.9 Å². The van der Waals surface area contributed by atoms with Gasteiger partial charge in [-0.05, 0) is 30.5 Å². The zero-order chi connectivity index (χ0) is 20.4. The van der Waals surface area contributed by atoms with Crippen molar-refractivity contribution in [2.75, 3.05) is 0 Å². The minimum atomic E-state index is -0.603. The van der Waals surface area contributed by atoms with E-state index in [0.717, 1.165) is 23.2 Å². The van der Waals surface area contributed by atoms with Crippen molar-refractivity contribution >= 4 is 0 Å². The van der Waals surface area contributed by atoms with E-state index in [4.69, 9.17) is 10.5 Å². The molecule has 3 heterocycles. The Hall–Kier alpha value is -3.85. The van der Waals surface area contributed by atoms with Crippen LogP contribution in [0.25, 0.3) is 0 Å². The first-order chi connectivity index (χ1) is 14.1. The molecule has 0 fully saturated rings. The Morgan fingerprint density at radius 2 is 2.03 bits per heavy atom. The minimum absolute atomic E-state index is 0.0229. The van der Waals surface area contributed by atoms with E-state index < -0.39 is 5.92 Å². The topological polar surface area (TPSA) is 93.9 Å². The summed E-state index contributed by atoms with van der Waals surface area (Å²) in [5, 5.41) is 9.69. The van der Waals surface area contributed by atoms with Crippen molar-refractivity contribution in [1.82, 2.24) is 9.55 Å². The summed E-state index contributed by atoms with van der Waals surface area (Å²) in [6, 6.07) is 17.6. The predicted molar refractivity (Wildman–Crippen MR) is 109 cm³/mol. The van der Waals surface area contributed by atoms with Gasteiger partial charge in [-0.3, -0.25) is 9.78 Å². The molecule has 0 unspecified atom stereocenters. The summed E-state index contributed by atoms with van der Waals surface area (Å²) in [7, 11) is 0. The number of nitrogens with two attached hydrogens (primary N) is 1. The maximum atomic E-state index is 13.5. The zero-order valence-electron chi connectivity index (χ0n) is 16.0. The van der Waals surface area contributed by atoms with Gasteiger partial charge in [0.1, 0.15) is 17.4 Å². The molecule has 4 rings (SSSR count). The molecule has 0 amide bonds. The van der Waals surface area contributed by atoms with Gasteiger partial charge >= 0.3 is 0 Å². The van der Waals surface area contributed by atoms with Gasteiger partial charge in [-0.2, -0.15) is 5.26 Å². The zero-order valence-corrected chi connectivity index (χ0v) is 16.0. The second-order valence-electron chi connectivity index (χ2n) is 6.97. The van der Waals surface area contributed by atoms with E-state index >= 15 is 0 Å². The fourth-order valence-corrected chi connectivity index (χ4v) is 3.73. The van der Waals surface area contributed by atoms with Gasteiger partial charge in [0.2, 0.25) is 5.88 Å². The largest absolute Gasteiger partial charge is 0.440 e. The number of fused-ring (bicyclic) bond motifs is 1. The number of aryl methyl sites for hydroxylation is 2. The molecule has 6 nitrogen and oxygen atoms in total. The number of hydrogen-bond acceptors (Lipinski definition) is 5. The molecule has 1 atom stereocenters. The second-order valence-corrected chi connectivity index (χ2v) is 6.97. The number of aromatic nitrogens is 2. The van der Waals surface area contributed by atoms with Gasteiger partial charge < -0.3 is 15.0 Å². The van der Waals surface area contributed by atoms with Crippen LogP contribution >= 0.6 is 0 Å². The van der Waals surface area contributed by atoms with Gasteiger partial charge in [-0.15, -0.1) is 0 Å². The Balaban J connectivity index is 1.83. The van der Waals surface area contributed by atoms with Crippen LogP contribution in [0.15, 0.2) is 77.2 Å². The first-order valence-electron chi connectivity index (χ1n) is 9.36. The Labute approximate surface area is 168 Å². The number of nitriles is 1. The van der Waals surface area contributed by atoms with Crippen LogP contribution in [0.1, 0.15) is 28.3 Å². The fraction of sp³-hybridized carbons (Fsp3) is 0.174. The van der Waals surface area contributed by atoms with Crippen molar-refractivity contribution in [2.24, 2.45) is 5.73 Å². The van der Waals surface area contributed by atoms with E-state index in [1.807, 2.05) is 49.4 Å². The van der Waals surface area contributed by atoms with Crippen LogP contribution in [0.5, 0.6) is 5.75 Å². The highest BCUT2D eigenvalue weighted by atomic mass is 16.5. The smallest absolute Gasteiger partial charge is 0.258 e. The average molecular weight is 384 g/mol. The Bertz CT molecular complexity index is 1180. The van der Waals surface area contributed by atoms with Crippen molar-refractivity contribution in [2.45, 2.75) is 25.8 Å². The summed E-state index contributed by atoms with van der Waals surface area (Å²) in [6.45, 7) is 2.40. The van der Waals surface area contributed by atoms with Gasteiger partial charge in [-0.1, -0.05) is 36.4 Å². The second kappa shape index (κ2) is 7.64. The molecule has 0 radical (unpaired) electrons. The van der Waals surface area contributed by atoms with Gasteiger partial charge in [0.25, 0.3) is 5.56 Å². The van der Waals surface area contributed by atoms with Crippen LogP contribution in [0.2, 0.25) is 0 Å². The molecule has 29 heavy (non-hydrogen) atoms. The molecule has 2 aromatic heterocycles. The van der Waals surface area contributed by atoms with Crippen LogP contribution in [-0.4, -0.2) is 9.55 Å². The SMILES string of the molecule is Cc1cc2c(c(=O)n1CCc1ccccc1)[C@@H](c1cccnc1)C(C#N)=C(N)O2. The number of rotatable bonds is 4. The van der Waals surface area contributed by atoms with Crippen LogP contribution in [0, 0.1) is 18.3 Å². The molecule has 3 aromatic rings. The molecule has 0 spiro atoms. The molecular formula is C23H20N4O2. The van der Waals surface area contributed by atoms with Crippen molar-refractivity contribution < 1.29 is 4.74 Å². The first-order valence-corrected chi connectivity index (χ1v) is 9.36. The van der Waals surface area contributed by atoms with E-state index in [9.17, 15) is 10.1 Å². The van der Waals surface area contributed by atoms with Gasteiger partial charge in [0, 0.05) is 30.7 Å². The van der Waals surface area contributed by atoms with Crippen molar-refractivity contribution in [3.05, 3.63) is 105 Å². The Kier molecular flexibility index (Phi) is 4.88. The van der Waals surface area contributed by atoms with Gasteiger partial charge in [0.05, 0.1) is 11.5 Å². The molecule has 0 saturated heterocycles. The van der Waals surface area contributed by atoms with Crippen molar-refractivity contribution in [3.8, 4) is 11.8 Å². The van der Waals surface area contributed by atoms with E-state index in [-0.39, 0.29) is 17.0 Å². The predicted octanol–water partition coefficient (Wildman–Crippen LogP) is 3.01. The number of nitrogens with zero attached hydrogens (tertiary/aromatic N) is 3. The van der Waals surface area contributed by atoms with Gasteiger partial charge in [0.15, 0.2) is 0 Å². The third kappa shape index (κ3) is 3.39. The summed E-state index contributed by atoms with van der Waals surface area (Å²) in [5.41, 5.74) is 9.14. The minimum Gasteiger partial charge on any atom is -0.440 e.